The van der Waals surface area contributed by atoms with Gasteiger partial charge in [-0.15, -0.1) is 0 Å². The van der Waals surface area contributed by atoms with Crippen molar-refractivity contribution in [3.8, 4) is 11.3 Å². The number of nitrogens with one attached hydrogen (secondary N) is 1. The first kappa shape index (κ1) is 15.2. The first-order valence-corrected chi connectivity index (χ1v) is 7.68. The fourth-order valence-electron chi connectivity index (χ4n) is 2.46. The maximum Gasteiger partial charge on any atom is 0.326 e. The molecule has 1 saturated carbocycles. The Kier molecular flexibility index (Phi) is 4.37. The molecule has 0 bridgehead atoms. The predicted octanol–water partition coefficient (Wildman–Crippen LogP) is 2.73. The van der Waals surface area contributed by atoms with Crippen molar-refractivity contribution in [2.75, 3.05) is 0 Å². The molecule has 1 fully saturated rings. The minimum Gasteiger partial charge on any atom is -0.480 e. The van der Waals surface area contributed by atoms with Crippen LogP contribution in [0.3, 0.4) is 0 Å². The van der Waals surface area contributed by atoms with Crippen LogP contribution in [-0.4, -0.2) is 28.0 Å². The maximum absolute atomic E-state index is 12.2. The van der Waals surface area contributed by atoms with Crippen LogP contribution in [-0.2, 0) is 4.79 Å². The summed E-state index contributed by atoms with van der Waals surface area (Å²) in [6, 6.07) is 12.3. The number of hydrogen-bond acceptors (Lipinski definition) is 3. The highest BCUT2D eigenvalue weighted by Gasteiger charge is 2.30. The Hall–Kier alpha value is -2.69. The van der Waals surface area contributed by atoms with Crippen LogP contribution >= 0.6 is 0 Å². The Morgan fingerprint density at radius 1 is 1.17 bits per heavy atom. The number of carbonyl (C=O) groups is 2. The second kappa shape index (κ2) is 6.60. The molecule has 118 valence electrons. The van der Waals surface area contributed by atoms with Gasteiger partial charge in [0.25, 0.3) is 5.91 Å². The quantitative estimate of drug-likeness (QED) is 0.860. The van der Waals surface area contributed by atoms with E-state index < -0.39 is 17.9 Å². The van der Waals surface area contributed by atoms with Gasteiger partial charge in [-0.1, -0.05) is 43.2 Å². The fourth-order valence-corrected chi connectivity index (χ4v) is 2.46. The van der Waals surface area contributed by atoms with Crippen molar-refractivity contribution in [2.45, 2.75) is 25.3 Å². The standard InChI is InChI=1S/C18H18N2O3/c21-17(20-16(18(22)23)10-12-6-7-12)14-8-9-15(19-11-14)13-4-2-1-3-5-13/h1-5,8-9,11-12,16H,6-7,10H2,(H,20,21)(H,22,23). The van der Waals surface area contributed by atoms with E-state index in [1.807, 2.05) is 30.3 Å². The Morgan fingerprint density at radius 3 is 2.48 bits per heavy atom. The Morgan fingerprint density at radius 2 is 1.91 bits per heavy atom. The normalized spacial score (nSPS) is 15.0. The largest absolute Gasteiger partial charge is 0.480 e. The third kappa shape index (κ3) is 3.94. The molecule has 1 aliphatic carbocycles. The lowest BCUT2D eigenvalue weighted by Crippen LogP contribution is -2.41. The van der Waals surface area contributed by atoms with E-state index in [1.165, 1.54) is 6.20 Å². The number of carboxylic acids is 1. The van der Waals surface area contributed by atoms with Gasteiger partial charge in [-0.05, 0) is 24.5 Å². The van der Waals surface area contributed by atoms with Crippen molar-refractivity contribution < 1.29 is 14.7 Å². The molecule has 0 radical (unpaired) electrons. The van der Waals surface area contributed by atoms with Crippen molar-refractivity contribution >= 4 is 11.9 Å². The molecule has 1 atom stereocenters. The molecule has 0 spiro atoms. The molecular formula is C18H18N2O3. The number of rotatable bonds is 6. The third-order valence-corrected chi connectivity index (χ3v) is 3.96. The van der Waals surface area contributed by atoms with E-state index in [2.05, 4.69) is 10.3 Å². The minimum atomic E-state index is -0.987. The van der Waals surface area contributed by atoms with Crippen molar-refractivity contribution in [1.82, 2.24) is 10.3 Å². The summed E-state index contributed by atoms with van der Waals surface area (Å²) in [5.74, 6) is -0.959. The SMILES string of the molecule is O=C(NC(CC1CC1)C(=O)O)c1ccc(-c2ccccc2)nc1. The summed E-state index contributed by atoms with van der Waals surface area (Å²) in [6.45, 7) is 0. The highest BCUT2D eigenvalue weighted by Crippen LogP contribution is 2.33. The second-order valence-corrected chi connectivity index (χ2v) is 5.84. The van der Waals surface area contributed by atoms with Crippen LogP contribution in [0.25, 0.3) is 11.3 Å². The summed E-state index contributed by atoms with van der Waals surface area (Å²) < 4.78 is 0. The van der Waals surface area contributed by atoms with Gasteiger partial charge in [-0.2, -0.15) is 0 Å². The summed E-state index contributed by atoms with van der Waals surface area (Å²) in [5.41, 5.74) is 2.11. The van der Waals surface area contributed by atoms with E-state index in [-0.39, 0.29) is 0 Å². The highest BCUT2D eigenvalue weighted by atomic mass is 16.4. The number of benzene rings is 1. The summed E-state index contributed by atoms with van der Waals surface area (Å²) >= 11 is 0. The van der Waals surface area contributed by atoms with Gasteiger partial charge in [0.2, 0.25) is 0 Å². The summed E-state index contributed by atoms with van der Waals surface area (Å²) in [6.07, 6.45) is 4.07. The van der Waals surface area contributed by atoms with E-state index in [0.717, 1.165) is 24.1 Å². The minimum absolute atomic E-state index is 0.367. The van der Waals surface area contributed by atoms with Gasteiger partial charge < -0.3 is 10.4 Å². The van der Waals surface area contributed by atoms with Gasteiger partial charge in [0.05, 0.1) is 11.3 Å². The smallest absolute Gasteiger partial charge is 0.326 e. The molecule has 1 aliphatic rings. The number of hydrogen-bond donors (Lipinski definition) is 2. The third-order valence-electron chi connectivity index (χ3n) is 3.96. The van der Waals surface area contributed by atoms with E-state index in [0.29, 0.717) is 17.9 Å². The highest BCUT2D eigenvalue weighted by molar-refractivity contribution is 5.96. The van der Waals surface area contributed by atoms with Crippen LogP contribution in [0, 0.1) is 5.92 Å². The average Bonchev–Trinajstić information content (AvgIpc) is 3.39. The topological polar surface area (TPSA) is 79.3 Å². The number of carbonyl (C=O) groups excluding carboxylic acids is 1. The zero-order chi connectivity index (χ0) is 16.2. The van der Waals surface area contributed by atoms with Crippen molar-refractivity contribution in [3.63, 3.8) is 0 Å². The number of amides is 1. The van der Waals surface area contributed by atoms with Gasteiger partial charge in [-0.3, -0.25) is 9.78 Å². The van der Waals surface area contributed by atoms with Crippen LogP contribution in [0.5, 0.6) is 0 Å². The van der Waals surface area contributed by atoms with Crippen molar-refractivity contribution in [1.29, 1.82) is 0 Å². The average molecular weight is 310 g/mol. The lowest BCUT2D eigenvalue weighted by molar-refractivity contribution is -0.139. The molecule has 1 aromatic heterocycles. The number of aliphatic carboxylic acids is 1. The number of nitrogens with zero attached hydrogens (tertiary/aromatic N) is 1. The molecule has 1 unspecified atom stereocenters. The molecule has 2 aromatic rings. The van der Waals surface area contributed by atoms with Gasteiger partial charge in [-0.25, -0.2) is 4.79 Å². The van der Waals surface area contributed by atoms with Crippen LogP contribution < -0.4 is 5.32 Å². The molecular weight excluding hydrogens is 292 g/mol. The number of carboxylic acid groups (broad SMARTS) is 1. The van der Waals surface area contributed by atoms with E-state index >= 15 is 0 Å². The molecule has 1 amide bonds. The number of pyridine rings is 1. The maximum atomic E-state index is 12.2. The molecule has 5 nitrogen and oxygen atoms in total. The fraction of sp³-hybridized carbons (Fsp3) is 0.278. The lowest BCUT2D eigenvalue weighted by atomic mass is 10.1. The van der Waals surface area contributed by atoms with Crippen LogP contribution in [0.15, 0.2) is 48.7 Å². The Labute approximate surface area is 134 Å². The van der Waals surface area contributed by atoms with E-state index in [4.69, 9.17) is 0 Å². The molecule has 2 N–H and O–H groups in total. The Bertz CT molecular complexity index is 694. The molecule has 5 heteroatoms. The summed E-state index contributed by atoms with van der Waals surface area (Å²) in [4.78, 5) is 27.7. The zero-order valence-corrected chi connectivity index (χ0v) is 12.6. The van der Waals surface area contributed by atoms with Crippen LogP contribution in [0.2, 0.25) is 0 Å². The molecule has 3 rings (SSSR count). The first-order chi connectivity index (χ1) is 11.1. The van der Waals surface area contributed by atoms with Crippen LogP contribution in [0.1, 0.15) is 29.6 Å². The zero-order valence-electron chi connectivity index (χ0n) is 12.6. The molecule has 23 heavy (non-hydrogen) atoms. The van der Waals surface area contributed by atoms with Gasteiger partial charge in [0.15, 0.2) is 0 Å². The van der Waals surface area contributed by atoms with E-state index in [9.17, 15) is 14.7 Å². The summed E-state index contributed by atoms with van der Waals surface area (Å²) in [5, 5.41) is 11.8. The number of aromatic nitrogens is 1. The molecule has 1 aromatic carbocycles. The Balaban J connectivity index is 1.68. The monoisotopic (exact) mass is 310 g/mol. The van der Waals surface area contributed by atoms with Gasteiger partial charge >= 0.3 is 5.97 Å². The first-order valence-electron chi connectivity index (χ1n) is 7.68. The summed E-state index contributed by atoms with van der Waals surface area (Å²) in [7, 11) is 0. The molecule has 1 heterocycles. The van der Waals surface area contributed by atoms with Gasteiger partial charge in [0.1, 0.15) is 6.04 Å². The van der Waals surface area contributed by atoms with Crippen molar-refractivity contribution in [3.05, 3.63) is 54.2 Å². The molecule has 0 aliphatic heterocycles. The molecule has 0 saturated heterocycles. The predicted molar refractivity (Wildman–Crippen MR) is 85.9 cm³/mol. The van der Waals surface area contributed by atoms with Crippen molar-refractivity contribution in [2.24, 2.45) is 5.92 Å². The van der Waals surface area contributed by atoms with E-state index in [1.54, 1.807) is 12.1 Å². The second-order valence-electron chi connectivity index (χ2n) is 5.84. The van der Waals surface area contributed by atoms with Gasteiger partial charge in [0, 0.05) is 11.8 Å². The lowest BCUT2D eigenvalue weighted by Gasteiger charge is -2.14. The van der Waals surface area contributed by atoms with Crippen LogP contribution in [0.4, 0.5) is 0 Å².